The summed E-state index contributed by atoms with van der Waals surface area (Å²) in [5.41, 5.74) is 1.40. The van der Waals surface area contributed by atoms with Gasteiger partial charge in [0.25, 0.3) is 0 Å². The van der Waals surface area contributed by atoms with Crippen LogP contribution < -0.4 is 4.90 Å². The van der Waals surface area contributed by atoms with Gasteiger partial charge in [-0.1, -0.05) is 24.3 Å². The number of hydrogen-bond donors (Lipinski definition) is 0. The molecule has 6 heteroatoms. The zero-order valence-electron chi connectivity index (χ0n) is 15.0. The molecule has 1 saturated heterocycles. The number of carbonyl (C=O) groups is 1. The Balaban J connectivity index is 0.00000210. The second-order valence-corrected chi connectivity index (χ2v) is 7.22. The van der Waals surface area contributed by atoms with Gasteiger partial charge in [-0.3, -0.25) is 9.69 Å². The summed E-state index contributed by atoms with van der Waals surface area (Å²) in [4.78, 5) is 15.4. The van der Waals surface area contributed by atoms with Crippen LogP contribution in [0.4, 0.5) is 14.5 Å². The summed E-state index contributed by atoms with van der Waals surface area (Å²) >= 11 is 0. The van der Waals surface area contributed by atoms with Crippen molar-refractivity contribution < 1.29 is 13.6 Å². The molecule has 1 aliphatic carbocycles. The Kier molecular flexibility index (Phi) is 6.12. The minimum Gasteiger partial charge on any atom is -0.364 e. The topological polar surface area (TPSA) is 23.6 Å². The molecule has 2 aromatic carbocycles. The first kappa shape index (κ1) is 19.8. The molecule has 0 spiro atoms. The highest BCUT2D eigenvalue weighted by molar-refractivity contribution is 5.87. The molecule has 1 aliphatic heterocycles. The van der Waals surface area contributed by atoms with Gasteiger partial charge < -0.3 is 4.90 Å². The number of halogens is 3. The number of hydrogen-bond acceptors (Lipinski definition) is 3. The number of benzene rings is 2. The Bertz CT molecular complexity index is 795. The van der Waals surface area contributed by atoms with E-state index in [0.717, 1.165) is 25.6 Å². The van der Waals surface area contributed by atoms with Crippen LogP contribution in [0.3, 0.4) is 0 Å². The van der Waals surface area contributed by atoms with E-state index in [-0.39, 0.29) is 18.1 Å². The van der Waals surface area contributed by atoms with Crippen LogP contribution in [-0.2, 0) is 0 Å². The molecule has 0 amide bonds. The van der Waals surface area contributed by atoms with Gasteiger partial charge in [0.2, 0.25) is 0 Å². The molecule has 27 heavy (non-hydrogen) atoms. The normalized spacial score (nSPS) is 17.5. The molecule has 0 radical (unpaired) electrons. The second-order valence-electron chi connectivity index (χ2n) is 7.22. The lowest BCUT2D eigenvalue weighted by molar-refractivity contribution is 0.112. The first-order valence-electron chi connectivity index (χ1n) is 9.16. The van der Waals surface area contributed by atoms with Gasteiger partial charge in [0.05, 0.1) is 0 Å². The summed E-state index contributed by atoms with van der Waals surface area (Å²) in [6.07, 6.45) is 3.33. The molecule has 0 unspecified atom stereocenters. The lowest BCUT2D eigenvalue weighted by atomic mass is 9.99. The van der Waals surface area contributed by atoms with Crippen LogP contribution in [0.2, 0.25) is 0 Å². The standard InChI is InChI=1S/C21H22F2N2O.ClH/c22-19-11-17(18-4-2-1-3-16(18)14-26)12-20(23)21(19)25-9-7-24(8-10-25)13-15-5-6-15;/h1-4,11-12,14-15H,5-10,13H2;1H. The lowest BCUT2D eigenvalue weighted by Crippen LogP contribution is -2.47. The Morgan fingerprint density at radius 1 is 1.00 bits per heavy atom. The number of carbonyl (C=O) groups excluding carboxylic acids is 1. The molecule has 0 bridgehead atoms. The van der Waals surface area contributed by atoms with Crippen molar-refractivity contribution in [2.45, 2.75) is 12.8 Å². The van der Waals surface area contributed by atoms with Crippen molar-refractivity contribution >= 4 is 24.4 Å². The average Bonchev–Trinajstić information content (AvgIpc) is 3.46. The van der Waals surface area contributed by atoms with Crippen LogP contribution in [0.25, 0.3) is 11.1 Å². The number of piperazine rings is 1. The molecule has 2 fully saturated rings. The molecule has 2 aromatic rings. The van der Waals surface area contributed by atoms with E-state index in [0.29, 0.717) is 36.1 Å². The third-order valence-corrected chi connectivity index (χ3v) is 5.32. The zero-order chi connectivity index (χ0) is 18.1. The molecule has 144 valence electrons. The largest absolute Gasteiger partial charge is 0.364 e. The highest BCUT2D eigenvalue weighted by Crippen LogP contribution is 2.33. The van der Waals surface area contributed by atoms with Crippen molar-refractivity contribution in [3.63, 3.8) is 0 Å². The van der Waals surface area contributed by atoms with Gasteiger partial charge in [0.15, 0.2) is 6.29 Å². The summed E-state index contributed by atoms with van der Waals surface area (Å²) in [6, 6.07) is 9.49. The maximum absolute atomic E-state index is 14.8. The molecule has 4 rings (SSSR count). The monoisotopic (exact) mass is 392 g/mol. The highest BCUT2D eigenvalue weighted by atomic mass is 35.5. The van der Waals surface area contributed by atoms with Crippen molar-refractivity contribution in [2.24, 2.45) is 5.92 Å². The summed E-state index contributed by atoms with van der Waals surface area (Å²) < 4.78 is 29.5. The van der Waals surface area contributed by atoms with E-state index in [9.17, 15) is 13.6 Å². The van der Waals surface area contributed by atoms with Gasteiger partial charge in [-0.2, -0.15) is 0 Å². The van der Waals surface area contributed by atoms with E-state index in [4.69, 9.17) is 0 Å². The Hall–Kier alpha value is -1.98. The molecule has 1 heterocycles. The van der Waals surface area contributed by atoms with Crippen molar-refractivity contribution in [2.75, 3.05) is 37.6 Å². The van der Waals surface area contributed by atoms with Crippen LogP contribution in [0.15, 0.2) is 36.4 Å². The van der Waals surface area contributed by atoms with Gasteiger partial charge in [0, 0.05) is 38.3 Å². The molecule has 0 aromatic heterocycles. The summed E-state index contributed by atoms with van der Waals surface area (Å²) in [5.74, 6) is -0.320. The van der Waals surface area contributed by atoms with E-state index in [2.05, 4.69) is 4.90 Å². The fourth-order valence-corrected chi connectivity index (χ4v) is 3.71. The lowest BCUT2D eigenvalue weighted by Gasteiger charge is -2.36. The van der Waals surface area contributed by atoms with Crippen molar-refractivity contribution in [3.8, 4) is 11.1 Å². The molecule has 1 saturated carbocycles. The minimum atomic E-state index is -0.573. The van der Waals surface area contributed by atoms with Crippen molar-refractivity contribution in [3.05, 3.63) is 53.6 Å². The van der Waals surface area contributed by atoms with Crippen LogP contribution in [0.5, 0.6) is 0 Å². The first-order chi connectivity index (χ1) is 12.7. The van der Waals surface area contributed by atoms with Crippen LogP contribution in [0, 0.1) is 17.6 Å². The van der Waals surface area contributed by atoms with Crippen molar-refractivity contribution in [1.82, 2.24) is 4.90 Å². The Morgan fingerprint density at radius 3 is 2.22 bits per heavy atom. The van der Waals surface area contributed by atoms with E-state index >= 15 is 0 Å². The van der Waals surface area contributed by atoms with Crippen LogP contribution in [-0.4, -0.2) is 43.9 Å². The summed E-state index contributed by atoms with van der Waals surface area (Å²) in [6.45, 7) is 4.05. The van der Waals surface area contributed by atoms with Gasteiger partial charge in [0.1, 0.15) is 17.3 Å². The van der Waals surface area contributed by atoms with Crippen LogP contribution >= 0.6 is 12.4 Å². The number of nitrogens with zero attached hydrogens (tertiary/aromatic N) is 2. The molecular weight excluding hydrogens is 370 g/mol. The molecule has 2 aliphatic rings. The predicted molar refractivity (Wildman–Crippen MR) is 106 cm³/mol. The maximum atomic E-state index is 14.8. The first-order valence-corrected chi connectivity index (χ1v) is 9.16. The SMILES string of the molecule is Cl.O=Cc1ccccc1-c1cc(F)c(N2CCN(CC3CC3)CC2)c(F)c1. The predicted octanol–water partition coefficient (Wildman–Crippen LogP) is 4.40. The molecule has 0 N–H and O–H groups in total. The van der Waals surface area contributed by atoms with E-state index in [1.807, 2.05) is 0 Å². The number of rotatable bonds is 5. The Morgan fingerprint density at radius 2 is 1.63 bits per heavy atom. The quantitative estimate of drug-likeness (QED) is 0.705. The third-order valence-electron chi connectivity index (χ3n) is 5.32. The van der Waals surface area contributed by atoms with E-state index in [1.54, 1.807) is 29.2 Å². The fourth-order valence-electron chi connectivity index (χ4n) is 3.71. The molecule has 0 atom stereocenters. The smallest absolute Gasteiger partial charge is 0.150 e. The van der Waals surface area contributed by atoms with Crippen LogP contribution in [0.1, 0.15) is 23.2 Å². The van der Waals surface area contributed by atoms with E-state index in [1.165, 1.54) is 25.0 Å². The third kappa shape index (κ3) is 4.30. The summed E-state index contributed by atoms with van der Waals surface area (Å²) in [7, 11) is 0. The molecule has 3 nitrogen and oxygen atoms in total. The van der Waals surface area contributed by atoms with Gasteiger partial charge >= 0.3 is 0 Å². The van der Waals surface area contributed by atoms with Gasteiger partial charge in [-0.05, 0) is 42.0 Å². The zero-order valence-corrected chi connectivity index (χ0v) is 15.9. The van der Waals surface area contributed by atoms with Crippen molar-refractivity contribution in [1.29, 1.82) is 0 Å². The van der Waals surface area contributed by atoms with E-state index < -0.39 is 11.6 Å². The van der Waals surface area contributed by atoms with Gasteiger partial charge in [-0.15, -0.1) is 12.4 Å². The fraction of sp³-hybridized carbons (Fsp3) is 0.381. The van der Waals surface area contributed by atoms with Gasteiger partial charge in [-0.25, -0.2) is 8.78 Å². The summed E-state index contributed by atoms with van der Waals surface area (Å²) in [5, 5.41) is 0. The number of aldehydes is 1. The second kappa shape index (κ2) is 8.36. The highest BCUT2D eigenvalue weighted by Gasteiger charge is 2.28. The maximum Gasteiger partial charge on any atom is 0.150 e. The Labute approximate surface area is 164 Å². The minimum absolute atomic E-state index is 0. The average molecular weight is 393 g/mol. The molecular formula is C21H23ClF2N2O. The number of anilines is 1.